The summed E-state index contributed by atoms with van der Waals surface area (Å²) in [6, 6.07) is 10.7. The fraction of sp³-hybridized carbons (Fsp3) is 0.636. The van der Waals surface area contributed by atoms with Crippen LogP contribution in [0.2, 0.25) is 0 Å². The molecule has 2 saturated heterocycles. The van der Waals surface area contributed by atoms with Crippen molar-refractivity contribution in [2.24, 2.45) is 10.9 Å². The van der Waals surface area contributed by atoms with E-state index in [0.717, 1.165) is 64.3 Å². The third kappa shape index (κ3) is 7.77. The van der Waals surface area contributed by atoms with Crippen LogP contribution in [-0.4, -0.2) is 74.7 Å². The first-order chi connectivity index (χ1) is 13.6. The van der Waals surface area contributed by atoms with Crippen LogP contribution in [0.25, 0.3) is 0 Å². The molecule has 1 aromatic carbocycles. The zero-order chi connectivity index (χ0) is 19.8. The summed E-state index contributed by atoms with van der Waals surface area (Å²) >= 11 is 0. The highest BCUT2D eigenvalue weighted by Gasteiger charge is 2.23. The van der Waals surface area contributed by atoms with Gasteiger partial charge in [-0.05, 0) is 43.6 Å². The molecule has 2 heterocycles. The third-order valence-corrected chi connectivity index (χ3v) is 5.66. The van der Waals surface area contributed by atoms with Crippen molar-refractivity contribution in [3.63, 3.8) is 0 Å². The van der Waals surface area contributed by atoms with Gasteiger partial charge >= 0.3 is 0 Å². The Morgan fingerprint density at radius 1 is 1.21 bits per heavy atom. The molecule has 2 aliphatic rings. The van der Waals surface area contributed by atoms with Crippen molar-refractivity contribution in [2.75, 3.05) is 46.9 Å². The molecule has 6 nitrogen and oxygen atoms in total. The molecule has 2 fully saturated rings. The Labute approximate surface area is 192 Å². The Hall–Kier alpha value is -1.35. The SMILES string of the molecule is CN(C)C(=O)CN=C(NCC1CCCO1)N1CCC(Cc2ccccc2)CC1.I. The number of hydrogen-bond acceptors (Lipinski definition) is 3. The van der Waals surface area contributed by atoms with E-state index < -0.39 is 0 Å². The second-order valence-corrected chi connectivity index (χ2v) is 8.06. The first-order valence-corrected chi connectivity index (χ1v) is 10.5. The van der Waals surface area contributed by atoms with E-state index in [1.165, 1.54) is 5.56 Å². The zero-order valence-corrected chi connectivity index (χ0v) is 20.0. The lowest BCUT2D eigenvalue weighted by atomic mass is 9.90. The van der Waals surface area contributed by atoms with Crippen LogP contribution in [0.15, 0.2) is 35.3 Å². The minimum atomic E-state index is 0. The number of hydrogen-bond donors (Lipinski definition) is 1. The number of guanidine groups is 1. The normalized spacial score (nSPS) is 20.3. The van der Waals surface area contributed by atoms with Crippen LogP contribution in [-0.2, 0) is 16.0 Å². The molecule has 2 aliphatic heterocycles. The fourth-order valence-electron chi connectivity index (χ4n) is 3.86. The highest BCUT2D eigenvalue weighted by molar-refractivity contribution is 14.0. The van der Waals surface area contributed by atoms with Crippen LogP contribution in [0.1, 0.15) is 31.2 Å². The molecule has 1 atom stereocenters. The largest absolute Gasteiger partial charge is 0.376 e. The van der Waals surface area contributed by atoms with Crippen molar-refractivity contribution in [1.29, 1.82) is 0 Å². The van der Waals surface area contributed by atoms with E-state index in [9.17, 15) is 4.79 Å². The number of likely N-dealkylation sites (N-methyl/N-ethyl adjacent to an activating group) is 1. The zero-order valence-electron chi connectivity index (χ0n) is 17.7. The van der Waals surface area contributed by atoms with Crippen LogP contribution >= 0.6 is 24.0 Å². The summed E-state index contributed by atoms with van der Waals surface area (Å²) in [6.45, 7) is 3.75. The Morgan fingerprint density at radius 3 is 2.55 bits per heavy atom. The number of amides is 1. The number of piperidine rings is 1. The van der Waals surface area contributed by atoms with Gasteiger partial charge in [0.25, 0.3) is 0 Å². The van der Waals surface area contributed by atoms with Gasteiger partial charge in [-0.1, -0.05) is 30.3 Å². The van der Waals surface area contributed by atoms with Crippen molar-refractivity contribution < 1.29 is 9.53 Å². The Balaban J connectivity index is 0.00000300. The quantitative estimate of drug-likeness (QED) is 0.361. The van der Waals surface area contributed by atoms with Gasteiger partial charge in [-0.15, -0.1) is 24.0 Å². The number of carbonyl (C=O) groups excluding carboxylic acids is 1. The number of carbonyl (C=O) groups is 1. The molecule has 0 saturated carbocycles. The van der Waals surface area contributed by atoms with Gasteiger partial charge in [0, 0.05) is 40.3 Å². The molecule has 0 aromatic heterocycles. The molecule has 162 valence electrons. The average molecular weight is 514 g/mol. The number of aliphatic imine (C=N–C) groups is 1. The second-order valence-electron chi connectivity index (χ2n) is 8.06. The molecule has 1 unspecified atom stereocenters. The lowest BCUT2D eigenvalue weighted by Crippen LogP contribution is -2.48. The van der Waals surface area contributed by atoms with E-state index in [-0.39, 0.29) is 42.5 Å². The standard InChI is InChI=1S/C22H34N4O2.HI/c1-25(2)21(27)17-24-22(23-16-20-9-6-14-28-20)26-12-10-19(11-13-26)15-18-7-4-3-5-8-18;/h3-5,7-8,19-20H,6,9-17H2,1-2H3,(H,23,24);1H. The highest BCUT2D eigenvalue weighted by Crippen LogP contribution is 2.22. The summed E-state index contributed by atoms with van der Waals surface area (Å²) in [6.07, 6.45) is 5.92. The maximum atomic E-state index is 12.0. The molecule has 3 rings (SSSR count). The molecular weight excluding hydrogens is 479 g/mol. The first kappa shape index (κ1) is 23.9. The number of halogens is 1. The van der Waals surface area contributed by atoms with Crippen LogP contribution in [0, 0.1) is 5.92 Å². The van der Waals surface area contributed by atoms with E-state index >= 15 is 0 Å². The van der Waals surface area contributed by atoms with E-state index in [1.54, 1.807) is 19.0 Å². The van der Waals surface area contributed by atoms with E-state index in [0.29, 0.717) is 5.92 Å². The predicted octanol–water partition coefficient (Wildman–Crippen LogP) is 2.77. The molecule has 1 aromatic rings. The predicted molar refractivity (Wildman–Crippen MR) is 128 cm³/mol. The highest BCUT2D eigenvalue weighted by atomic mass is 127. The topological polar surface area (TPSA) is 57.2 Å². The van der Waals surface area contributed by atoms with Gasteiger partial charge in [0.2, 0.25) is 5.91 Å². The number of rotatable bonds is 6. The molecule has 0 bridgehead atoms. The molecule has 7 heteroatoms. The summed E-state index contributed by atoms with van der Waals surface area (Å²) < 4.78 is 5.73. The molecule has 0 spiro atoms. The second kappa shape index (κ2) is 12.4. The van der Waals surface area contributed by atoms with Crippen LogP contribution < -0.4 is 5.32 Å². The first-order valence-electron chi connectivity index (χ1n) is 10.5. The number of nitrogens with one attached hydrogen (secondary N) is 1. The van der Waals surface area contributed by atoms with E-state index in [1.807, 2.05) is 0 Å². The van der Waals surface area contributed by atoms with Crippen molar-refractivity contribution >= 4 is 35.8 Å². The van der Waals surface area contributed by atoms with Crippen molar-refractivity contribution in [3.05, 3.63) is 35.9 Å². The lowest BCUT2D eigenvalue weighted by molar-refractivity contribution is -0.127. The van der Waals surface area contributed by atoms with Crippen LogP contribution in [0.4, 0.5) is 0 Å². The lowest BCUT2D eigenvalue weighted by Gasteiger charge is -2.35. The fourth-order valence-corrected chi connectivity index (χ4v) is 3.86. The molecule has 29 heavy (non-hydrogen) atoms. The van der Waals surface area contributed by atoms with Crippen LogP contribution in [0.5, 0.6) is 0 Å². The summed E-state index contributed by atoms with van der Waals surface area (Å²) in [7, 11) is 3.54. The Morgan fingerprint density at radius 2 is 1.93 bits per heavy atom. The molecular formula is C22H35IN4O2. The van der Waals surface area contributed by atoms with Gasteiger partial charge in [-0.3, -0.25) is 4.79 Å². The molecule has 1 amide bonds. The van der Waals surface area contributed by atoms with Gasteiger partial charge < -0.3 is 19.9 Å². The molecule has 0 radical (unpaired) electrons. The van der Waals surface area contributed by atoms with Crippen molar-refractivity contribution in [2.45, 2.75) is 38.2 Å². The van der Waals surface area contributed by atoms with Gasteiger partial charge in [-0.25, -0.2) is 4.99 Å². The van der Waals surface area contributed by atoms with Crippen molar-refractivity contribution in [3.8, 4) is 0 Å². The minimum absolute atomic E-state index is 0. The minimum Gasteiger partial charge on any atom is -0.376 e. The van der Waals surface area contributed by atoms with E-state index in [2.05, 4.69) is 45.5 Å². The number of nitrogens with zero attached hydrogens (tertiary/aromatic N) is 3. The number of ether oxygens (including phenoxy) is 1. The summed E-state index contributed by atoms with van der Waals surface area (Å²) in [5.41, 5.74) is 1.42. The van der Waals surface area contributed by atoms with E-state index in [4.69, 9.17) is 4.74 Å². The average Bonchev–Trinajstić information content (AvgIpc) is 3.23. The van der Waals surface area contributed by atoms with Gasteiger partial charge in [-0.2, -0.15) is 0 Å². The Bertz CT molecular complexity index is 639. The van der Waals surface area contributed by atoms with Crippen molar-refractivity contribution in [1.82, 2.24) is 15.1 Å². The number of benzene rings is 1. The molecule has 1 N–H and O–H groups in total. The van der Waals surface area contributed by atoms with Gasteiger partial charge in [0.05, 0.1) is 6.10 Å². The number of likely N-dealkylation sites (tertiary alicyclic amines) is 1. The molecule has 0 aliphatic carbocycles. The summed E-state index contributed by atoms with van der Waals surface area (Å²) in [5.74, 6) is 1.58. The monoisotopic (exact) mass is 514 g/mol. The van der Waals surface area contributed by atoms with Gasteiger partial charge in [0.1, 0.15) is 6.54 Å². The smallest absolute Gasteiger partial charge is 0.243 e. The maximum Gasteiger partial charge on any atom is 0.243 e. The van der Waals surface area contributed by atoms with Gasteiger partial charge in [0.15, 0.2) is 5.96 Å². The summed E-state index contributed by atoms with van der Waals surface area (Å²) in [4.78, 5) is 20.5. The Kier molecular flexibility index (Phi) is 10.2. The maximum absolute atomic E-state index is 12.0. The third-order valence-electron chi connectivity index (χ3n) is 5.66. The summed E-state index contributed by atoms with van der Waals surface area (Å²) in [5, 5.41) is 3.47. The van der Waals surface area contributed by atoms with Crippen LogP contribution in [0.3, 0.4) is 0 Å².